The minimum absolute atomic E-state index is 0.113. The number of rotatable bonds is 7. The van der Waals surface area contributed by atoms with Gasteiger partial charge in [-0.05, 0) is 47.0 Å². The Bertz CT molecular complexity index is 1260. The van der Waals surface area contributed by atoms with E-state index < -0.39 is 11.9 Å². The largest absolute Gasteiger partial charge is 0.489 e. The summed E-state index contributed by atoms with van der Waals surface area (Å²) in [4.78, 5) is 10.9. The van der Waals surface area contributed by atoms with Gasteiger partial charge in [0.15, 0.2) is 0 Å². The van der Waals surface area contributed by atoms with Gasteiger partial charge in [-0.15, -0.1) is 0 Å². The van der Waals surface area contributed by atoms with Crippen molar-refractivity contribution < 1.29 is 27.1 Å². The monoisotopic (exact) mass is 439 g/mol. The van der Waals surface area contributed by atoms with E-state index in [1.54, 1.807) is 42.5 Å². The summed E-state index contributed by atoms with van der Waals surface area (Å²) in [5.74, 6) is -0.507. The number of carbonyl (C=O) groups excluding carboxylic acids is 1. The van der Waals surface area contributed by atoms with Crippen LogP contribution in [0.4, 0.5) is 13.2 Å². The third-order valence-electron chi connectivity index (χ3n) is 5.10. The van der Waals surface area contributed by atoms with Crippen LogP contribution in [0.15, 0.2) is 71.1 Å². The van der Waals surface area contributed by atoms with Crippen LogP contribution in [0.3, 0.4) is 0 Å². The first-order valence-corrected chi connectivity index (χ1v) is 9.96. The van der Waals surface area contributed by atoms with Gasteiger partial charge < -0.3 is 19.7 Å². The van der Waals surface area contributed by atoms with Crippen molar-refractivity contribution in [1.29, 1.82) is 0 Å². The molecule has 164 valence electrons. The van der Waals surface area contributed by atoms with Gasteiger partial charge in [0.1, 0.15) is 24.2 Å². The van der Waals surface area contributed by atoms with Gasteiger partial charge in [-0.2, -0.15) is 13.2 Å². The van der Waals surface area contributed by atoms with Gasteiger partial charge in [-0.3, -0.25) is 0 Å². The topological polar surface area (TPSA) is 65.5 Å². The summed E-state index contributed by atoms with van der Waals surface area (Å²) in [7, 11) is 0. The average molecular weight is 439 g/mol. The molecular weight excluding hydrogens is 419 g/mol. The van der Waals surface area contributed by atoms with Crippen molar-refractivity contribution in [2.75, 3.05) is 0 Å². The van der Waals surface area contributed by atoms with E-state index >= 15 is 0 Å². The fourth-order valence-electron chi connectivity index (χ4n) is 3.58. The first-order chi connectivity index (χ1) is 15.4. The lowest BCUT2D eigenvalue weighted by molar-refractivity contribution is -0.152. The summed E-state index contributed by atoms with van der Waals surface area (Å²) in [6, 6.07) is 18.8. The second-order valence-electron chi connectivity index (χ2n) is 7.34. The summed E-state index contributed by atoms with van der Waals surface area (Å²) in [5, 5.41) is 0.327. The SMILES string of the molecule is NCc1cccc(-c2cc(COc3ccccc3CC=O)cc3cc(C(F)(F)F)oc23)c1. The first kappa shape index (κ1) is 21.6. The summed E-state index contributed by atoms with van der Waals surface area (Å²) >= 11 is 0. The Morgan fingerprint density at radius 3 is 2.53 bits per heavy atom. The highest BCUT2D eigenvalue weighted by Crippen LogP contribution is 2.38. The number of halogens is 3. The van der Waals surface area contributed by atoms with Crippen LogP contribution in [0, 0.1) is 0 Å². The highest BCUT2D eigenvalue weighted by Gasteiger charge is 2.35. The number of hydrogen-bond acceptors (Lipinski definition) is 4. The molecule has 4 aromatic rings. The molecule has 32 heavy (non-hydrogen) atoms. The minimum atomic E-state index is -4.60. The number of nitrogens with two attached hydrogens (primary N) is 1. The summed E-state index contributed by atoms with van der Waals surface area (Å²) in [6.07, 6.45) is -3.59. The number of ether oxygens (including phenoxy) is 1. The van der Waals surface area contributed by atoms with Crippen molar-refractivity contribution in [3.05, 3.63) is 89.2 Å². The lowest BCUT2D eigenvalue weighted by Gasteiger charge is -2.12. The predicted molar refractivity (Wildman–Crippen MR) is 115 cm³/mol. The van der Waals surface area contributed by atoms with E-state index in [9.17, 15) is 18.0 Å². The molecule has 0 aliphatic heterocycles. The van der Waals surface area contributed by atoms with Crippen molar-refractivity contribution in [2.24, 2.45) is 5.73 Å². The molecule has 0 spiro atoms. The smallest absolute Gasteiger partial charge is 0.449 e. The Balaban J connectivity index is 1.77. The predicted octanol–water partition coefficient (Wildman–Crippen LogP) is 5.90. The van der Waals surface area contributed by atoms with E-state index in [1.807, 2.05) is 18.2 Å². The van der Waals surface area contributed by atoms with Gasteiger partial charge in [-0.25, -0.2) is 0 Å². The maximum atomic E-state index is 13.3. The third kappa shape index (κ3) is 4.53. The Hall–Kier alpha value is -3.58. The highest BCUT2D eigenvalue weighted by atomic mass is 19.4. The third-order valence-corrected chi connectivity index (χ3v) is 5.10. The van der Waals surface area contributed by atoms with Gasteiger partial charge >= 0.3 is 6.18 Å². The normalized spacial score (nSPS) is 11.6. The Kier molecular flexibility index (Phi) is 6.01. The van der Waals surface area contributed by atoms with Crippen molar-refractivity contribution in [3.8, 4) is 16.9 Å². The molecule has 0 fully saturated rings. The minimum Gasteiger partial charge on any atom is -0.489 e. The van der Waals surface area contributed by atoms with E-state index in [4.69, 9.17) is 14.9 Å². The molecule has 0 radical (unpaired) electrons. The Morgan fingerprint density at radius 1 is 0.969 bits per heavy atom. The van der Waals surface area contributed by atoms with Gasteiger partial charge in [0.2, 0.25) is 5.76 Å². The molecule has 0 atom stereocenters. The van der Waals surface area contributed by atoms with Gasteiger partial charge in [0.05, 0.1) is 0 Å². The molecular formula is C25H20F3NO3. The van der Waals surface area contributed by atoms with Crippen LogP contribution in [0.2, 0.25) is 0 Å². The Labute approximate surface area is 182 Å². The Morgan fingerprint density at radius 2 is 1.78 bits per heavy atom. The van der Waals surface area contributed by atoms with Crippen LogP contribution in [0.5, 0.6) is 5.75 Å². The van der Waals surface area contributed by atoms with Crippen molar-refractivity contribution >= 4 is 17.3 Å². The van der Waals surface area contributed by atoms with Gasteiger partial charge in [0.25, 0.3) is 0 Å². The zero-order valence-corrected chi connectivity index (χ0v) is 17.0. The van der Waals surface area contributed by atoms with Crippen LogP contribution in [-0.2, 0) is 30.5 Å². The standard InChI is InChI=1S/C25H20F3NO3/c26-25(27,28)23-13-20-11-17(15-31-22-7-2-1-5-18(22)8-9-30)12-21(24(20)32-23)19-6-3-4-16(10-19)14-29/h1-7,9-13H,8,14-15,29H2. The number of benzene rings is 3. The van der Waals surface area contributed by atoms with Crippen LogP contribution in [0.25, 0.3) is 22.1 Å². The zero-order valence-electron chi connectivity index (χ0n) is 17.0. The molecule has 0 unspecified atom stereocenters. The van der Waals surface area contributed by atoms with E-state index in [1.165, 1.54) is 0 Å². The van der Waals surface area contributed by atoms with E-state index in [-0.39, 0.29) is 18.6 Å². The van der Waals surface area contributed by atoms with Crippen LogP contribution < -0.4 is 10.5 Å². The number of furan rings is 1. The summed E-state index contributed by atoms with van der Waals surface area (Å²) in [6.45, 7) is 0.418. The molecule has 0 amide bonds. The quantitative estimate of drug-likeness (QED) is 0.364. The van der Waals surface area contributed by atoms with Crippen LogP contribution >= 0.6 is 0 Å². The molecule has 0 saturated carbocycles. The molecule has 7 heteroatoms. The highest BCUT2D eigenvalue weighted by molar-refractivity contribution is 5.93. The lowest BCUT2D eigenvalue weighted by Crippen LogP contribution is -2.01. The molecule has 3 aromatic carbocycles. The fraction of sp³-hybridized carbons (Fsp3) is 0.160. The number of aldehydes is 1. The maximum absolute atomic E-state index is 13.3. The number of carbonyl (C=O) groups is 1. The van der Waals surface area contributed by atoms with Crippen molar-refractivity contribution in [1.82, 2.24) is 0 Å². The second kappa shape index (κ2) is 8.88. The number of hydrogen-bond donors (Lipinski definition) is 1. The molecule has 0 bridgehead atoms. The number of alkyl halides is 3. The van der Waals surface area contributed by atoms with E-state index in [0.717, 1.165) is 23.5 Å². The molecule has 4 nitrogen and oxygen atoms in total. The van der Waals surface area contributed by atoms with Crippen molar-refractivity contribution in [2.45, 2.75) is 25.7 Å². The molecule has 1 aromatic heterocycles. The molecule has 0 saturated heterocycles. The first-order valence-electron chi connectivity index (χ1n) is 9.96. The zero-order chi connectivity index (χ0) is 22.7. The average Bonchev–Trinajstić information content (AvgIpc) is 3.23. The van der Waals surface area contributed by atoms with Crippen molar-refractivity contribution in [3.63, 3.8) is 0 Å². The molecule has 0 aliphatic rings. The van der Waals surface area contributed by atoms with E-state index in [2.05, 4.69) is 0 Å². The van der Waals surface area contributed by atoms with Gasteiger partial charge in [-0.1, -0.05) is 36.4 Å². The number of para-hydroxylation sites is 1. The molecule has 4 rings (SSSR count). The van der Waals surface area contributed by atoms with Crippen LogP contribution in [0.1, 0.15) is 22.5 Å². The second-order valence-corrected chi connectivity index (χ2v) is 7.34. The summed E-state index contributed by atoms with van der Waals surface area (Å²) < 4.78 is 51.0. The molecule has 1 heterocycles. The maximum Gasteiger partial charge on any atom is 0.449 e. The molecule has 2 N–H and O–H groups in total. The summed E-state index contributed by atoms with van der Waals surface area (Å²) in [5.41, 5.74) is 9.36. The van der Waals surface area contributed by atoms with E-state index in [0.29, 0.717) is 34.4 Å². The van der Waals surface area contributed by atoms with Crippen LogP contribution in [-0.4, -0.2) is 6.29 Å². The number of fused-ring (bicyclic) bond motifs is 1. The molecule has 0 aliphatic carbocycles. The fourth-order valence-corrected chi connectivity index (χ4v) is 3.58. The lowest BCUT2D eigenvalue weighted by atomic mass is 9.99. The van der Waals surface area contributed by atoms with Gasteiger partial charge in [0, 0.05) is 29.5 Å².